The van der Waals surface area contributed by atoms with Gasteiger partial charge in [-0.3, -0.25) is 5.10 Å². The molecule has 0 fully saturated rings. The van der Waals surface area contributed by atoms with Crippen molar-refractivity contribution in [3.05, 3.63) is 29.5 Å². The lowest BCUT2D eigenvalue weighted by molar-refractivity contribution is 0.0549. The summed E-state index contributed by atoms with van der Waals surface area (Å²) in [6.45, 7) is 0. The van der Waals surface area contributed by atoms with Crippen molar-refractivity contribution in [2.45, 2.75) is 9.92 Å². The number of aromatic amines is 1. The van der Waals surface area contributed by atoms with E-state index in [9.17, 15) is 18.0 Å². The van der Waals surface area contributed by atoms with E-state index in [1.807, 2.05) is 0 Å². The lowest BCUT2D eigenvalue weighted by Gasteiger charge is -2.10. The highest BCUT2D eigenvalue weighted by atomic mass is 32.2. The summed E-state index contributed by atoms with van der Waals surface area (Å²) in [6.07, 6.45) is 0. The van der Waals surface area contributed by atoms with Gasteiger partial charge in [0.05, 0.1) is 33.3 Å². The highest BCUT2D eigenvalue weighted by Gasteiger charge is 2.34. The number of benzene rings is 1. The summed E-state index contributed by atoms with van der Waals surface area (Å²) in [5.74, 6) is -1.56. The highest BCUT2D eigenvalue weighted by molar-refractivity contribution is 7.91. The van der Waals surface area contributed by atoms with Gasteiger partial charge in [0.25, 0.3) is 0 Å². The fourth-order valence-corrected chi connectivity index (χ4v) is 3.52. The van der Waals surface area contributed by atoms with Crippen molar-refractivity contribution < 1.29 is 37.0 Å². The van der Waals surface area contributed by atoms with E-state index in [1.165, 1.54) is 32.4 Å². The van der Waals surface area contributed by atoms with Crippen LogP contribution in [0.4, 0.5) is 0 Å². The molecule has 0 unspecified atom stereocenters. The van der Waals surface area contributed by atoms with Crippen LogP contribution in [0.2, 0.25) is 0 Å². The molecule has 0 atom stereocenters. The van der Waals surface area contributed by atoms with Gasteiger partial charge < -0.3 is 18.9 Å². The predicted octanol–water partition coefficient (Wildman–Crippen LogP) is 0.833. The topological polar surface area (TPSA) is 134 Å². The summed E-state index contributed by atoms with van der Waals surface area (Å²) in [5.41, 5.74) is -1.05. The third kappa shape index (κ3) is 3.20. The van der Waals surface area contributed by atoms with Crippen LogP contribution in [0.3, 0.4) is 0 Å². The van der Waals surface area contributed by atoms with Gasteiger partial charge in [-0.1, -0.05) is 0 Å². The predicted molar refractivity (Wildman–Crippen MR) is 86.3 cm³/mol. The average molecular weight is 384 g/mol. The van der Waals surface area contributed by atoms with E-state index in [4.69, 9.17) is 9.47 Å². The summed E-state index contributed by atoms with van der Waals surface area (Å²) < 4.78 is 45.1. The molecular formula is C15H16N2O8S. The normalized spacial score (nSPS) is 10.9. The number of sulfone groups is 1. The van der Waals surface area contributed by atoms with Crippen LogP contribution in [0.1, 0.15) is 20.8 Å². The molecule has 0 saturated heterocycles. The second-order valence-electron chi connectivity index (χ2n) is 4.78. The molecule has 2 aromatic rings. The van der Waals surface area contributed by atoms with Crippen molar-refractivity contribution in [1.29, 1.82) is 0 Å². The molecule has 0 aliphatic rings. The molecule has 0 aliphatic carbocycles. The number of hydrogen-bond donors (Lipinski definition) is 1. The fourth-order valence-electron chi connectivity index (χ4n) is 2.16. The Bertz CT molecular complexity index is 949. The van der Waals surface area contributed by atoms with E-state index in [-0.39, 0.29) is 10.6 Å². The maximum atomic E-state index is 12.9. The molecule has 0 radical (unpaired) electrons. The highest BCUT2D eigenvalue weighted by Crippen LogP contribution is 2.33. The smallest absolute Gasteiger partial charge is 0.359 e. The summed E-state index contributed by atoms with van der Waals surface area (Å²) in [6, 6.07) is 3.87. The number of ether oxygens (including phenoxy) is 4. The number of hydrogen-bond acceptors (Lipinski definition) is 9. The molecule has 0 amide bonds. The van der Waals surface area contributed by atoms with Crippen molar-refractivity contribution in [3.8, 4) is 11.5 Å². The number of nitrogens with zero attached hydrogens (tertiary/aromatic N) is 1. The minimum Gasteiger partial charge on any atom is -0.493 e. The molecule has 140 valence electrons. The van der Waals surface area contributed by atoms with E-state index in [1.54, 1.807) is 0 Å². The van der Waals surface area contributed by atoms with Gasteiger partial charge in [0.15, 0.2) is 22.2 Å². The molecule has 1 heterocycles. The largest absolute Gasteiger partial charge is 0.493 e. The van der Waals surface area contributed by atoms with E-state index in [0.717, 1.165) is 14.2 Å². The van der Waals surface area contributed by atoms with Crippen LogP contribution in [0.15, 0.2) is 28.1 Å². The van der Waals surface area contributed by atoms with Gasteiger partial charge in [-0.15, -0.1) is 0 Å². The Hall–Kier alpha value is -3.08. The van der Waals surface area contributed by atoms with Crippen LogP contribution >= 0.6 is 0 Å². The van der Waals surface area contributed by atoms with Crippen LogP contribution < -0.4 is 9.47 Å². The van der Waals surface area contributed by atoms with Crippen molar-refractivity contribution >= 4 is 21.8 Å². The first-order chi connectivity index (χ1) is 12.3. The Labute approximate surface area is 148 Å². The number of carbonyl (C=O) groups is 2. The maximum absolute atomic E-state index is 12.9. The molecule has 1 aromatic heterocycles. The number of H-pyrrole nitrogens is 1. The fraction of sp³-hybridized carbons (Fsp3) is 0.267. The van der Waals surface area contributed by atoms with Gasteiger partial charge >= 0.3 is 11.9 Å². The monoisotopic (exact) mass is 384 g/mol. The summed E-state index contributed by atoms with van der Waals surface area (Å²) >= 11 is 0. The zero-order valence-corrected chi connectivity index (χ0v) is 15.2. The summed E-state index contributed by atoms with van der Waals surface area (Å²) in [5, 5.41) is 5.19. The molecule has 0 bridgehead atoms. The molecule has 26 heavy (non-hydrogen) atoms. The molecule has 0 spiro atoms. The maximum Gasteiger partial charge on any atom is 0.359 e. The first-order valence-corrected chi connectivity index (χ1v) is 8.52. The molecule has 0 saturated carbocycles. The third-order valence-electron chi connectivity index (χ3n) is 3.44. The van der Waals surface area contributed by atoms with Crippen molar-refractivity contribution in [2.75, 3.05) is 28.4 Å². The molecule has 10 nitrogen and oxygen atoms in total. The van der Waals surface area contributed by atoms with Gasteiger partial charge in [-0.25, -0.2) is 18.0 Å². The van der Waals surface area contributed by atoms with Gasteiger partial charge in [-0.2, -0.15) is 5.10 Å². The minimum absolute atomic E-state index is 0.167. The molecule has 11 heteroatoms. The number of carbonyl (C=O) groups excluding carboxylic acids is 2. The van der Waals surface area contributed by atoms with Crippen LogP contribution in [0.5, 0.6) is 11.5 Å². The minimum atomic E-state index is -4.27. The first-order valence-electron chi connectivity index (χ1n) is 7.03. The van der Waals surface area contributed by atoms with Crippen molar-refractivity contribution in [2.24, 2.45) is 0 Å². The summed E-state index contributed by atoms with van der Waals surface area (Å²) in [4.78, 5) is 23.6. The second-order valence-corrected chi connectivity index (χ2v) is 6.67. The zero-order chi connectivity index (χ0) is 19.5. The first kappa shape index (κ1) is 19.2. The van der Waals surface area contributed by atoms with Crippen LogP contribution in [0, 0.1) is 0 Å². The Morgan fingerprint density at radius 3 is 2.12 bits per heavy atom. The number of rotatable bonds is 6. The SMILES string of the molecule is COC(=O)c1n[nH]c(S(=O)(=O)c2ccc(OC)c(OC)c2)c1C(=O)OC. The van der Waals surface area contributed by atoms with E-state index in [2.05, 4.69) is 19.7 Å². The van der Waals surface area contributed by atoms with Crippen LogP contribution in [-0.4, -0.2) is 59.0 Å². The quantitative estimate of drug-likeness (QED) is 0.719. The Balaban J connectivity index is 2.68. The Kier molecular flexibility index (Phi) is 5.50. The molecule has 2 rings (SSSR count). The zero-order valence-electron chi connectivity index (χ0n) is 14.4. The Morgan fingerprint density at radius 2 is 1.58 bits per heavy atom. The third-order valence-corrected chi connectivity index (χ3v) is 5.14. The van der Waals surface area contributed by atoms with Crippen LogP contribution in [-0.2, 0) is 19.3 Å². The van der Waals surface area contributed by atoms with Crippen LogP contribution in [0.25, 0.3) is 0 Å². The van der Waals surface area contributed by atoms with Gasteiger partial charge in [0.2, 0.25) is 9.84 Å². The van der Waals surface area contributed by atoms with Gasteiger partial charge in [-0.05, 0) is 12.1 Å². The Morgan fingerprint density at radius 1 is 0.962 bits per heavy atom. The number of nitrogens with one attached hydrogen (secondary N) is 1. The van der Waals surface area contributed by atoms with Crippen molar-refractivity contribution in [3.63, 3.8) is 0 Å². The number of esters is 2. The number of methoxy groups -OCH3 is 4. The van der Waals surface area contributed by atoms with E-state index in [0.29, 0.717) is 5.75 Å². The average Bonchev–Trinajstić information content (AvgIpc) is 3.11. The molecule has 1 aromatic carbocycles. The lowest BCUT2D eigenvalue weighted by Crippen LogP contribution is -2.14. The van der Waals surface area contributed by atoms with Crippen molar-refractivity contribution in [1.82, 2.24) is 10.2 Å². The second kappa shape index (κ2) is 7.44. The van der Waals surface area contributed by atoms with Gasteiger partial charge in [0.1, 0.15) is 5.56 Å². The van der Waals surface area contributed by atoms with E-state index >= 15 is 0 Å². The molecular weight excluding hydrogens is 368 g/mol. The molecule has 0 aliphatic heterocycles. The van der Waals surface area contributed by atoms with Gasteiger partial charge in [0, 0.05) is 6.07 Å². The summed E-state index contributed by atoms with van der Waals surface area (Å²) in [7, 11) is 0.598. The van der Waals surface area contributed by atoms with E-state index < -0.39 is 38.1 Å². The standard InChI is InChI=1S/C15H16N2O8S/c1-22-9-6-5-8(7-10(9)23-2)26(20,21)13-11(14(18)24-3)12(16-17-13)15(19)25-4/h5-7H,1-4H3,(H,16,17). The lowest BCUT2D eigenvalue weighted by atomic mass is 10.2. The number of aromatic nitrogens is 2. The molecule has 1 N–H and O–H groups in total.